The molecule has 0 amide bonds. The Labute approximate surface area is 104 Å². The number of aromatic nitrogens is 1. The molecule has 0 bridgehead atoms. The zero-order valence-electron chi connectivity index (χ0n) is 7.70. The normalized spacial score (nSPS) is 10.9. The standard InChI is InChI=1S/C10H6BrCl2NO/c1-4-8(11)10(15)6-2-5(12)3-7(13)9(6)14-4/h2-3H,1H3,(H,14,15). The second-order valence-corrected chi connectivity index (χ2v) is 4.84. The number of H-pyrrole nitrogens is 1. The molecule has 2 nitrogen and oxygen atoms in total. The van der Waals surface area contributed by atoms with Gasteiger partial charge >= 0.3 is 0 Å². The second kappa shape index (κ2) is 3.81. The highest BCUT2D eigenvalue weighted by Crippen LogP contribution is 2.26. The fraction of sp³-hybridized carbons (Fsp3) is 0.100. The summed E-state index contributed by atoms with van der Waals surface area (Å²) in [4.78, 5) is 14.9. The largest absolute Gasteiger partial charge is 0.356 e. The van der Waals surface area contributed by atoms with Crippen molar-refractivity contribution in [2.45, 2.75) is 6.92 Å². The van der Waals surface area contributed by atoms with Gasteiger partial charge in [-0.2, -0.15) is 0 Å². The van der Waals surface area contributed by atoms with Crippen molar-refractivity contribution in [2.24, 2.45) is 0 Å². The topological polar surface area (TPSA) is 32.9 Å². The summed E-state index contributed by atoms with van der Waals surface area (Å²) in [6.07, 6.45) is 0. The summed E-state index contributed by atoms with van der Waals surface area (Å²) in [5.74, 6) is 0. The van der Waals surface area contributed by atoms with Crippen LogP contribution in [0.15, 0.2) is 21.4 Å². The Bertz CT molecular complexity index is 606. The lowest BCUT2D eigenvalue weighted by atomic mass is 10.2. The first-order chi connectivity index (χ1) is 7.00. The summed E-state index contributed by atoms with van der Waals surface area (Å²) in [6, 6.07) is 3.21. The van der Waals surface area contributed by atoms with E-state index in [1.54, 1.807) is 19.1 Å². The molecule has 0 spiro atoms. The Hall–Kier alpha value is -0.510. The maximum Gasteiger partial charge on any atom is 0.203 e. The van der Waals surface area contributed by atoms with Crippen molar-refractivity contribution < 1.29 is 0 Å². The molecular formula is C10H6BrCl2NO. The first-order valence-electron chi connectivity index (χ1n) is 4.18. The summed E-state index contributed by atoms with van der Waals surface area (Å²) in [6.45, 7) is 1.80. The molecule has 1 aromatic heterocycles. The molecule has 2 aromatic rings. The second-order valence-electron chi connectivity index (χ2n) is 3.20. The van der Waals surface area contributed by atoms with E-state index in [2.05, 4.69) is 20.9 Å². The highest BCUT2D eigenvalue weighted by atomic mass is 79.9. The molecule has 0 atom stereocenters. The molecule has 0 radical (unpaired) electrons. The molecule has 0 saturated carbocycles. The number of benzene rings is 1. The van der Waals surface area contributed by atoms with E-state index in [1.165, 1.54) is 0 Å². The number of hydrogen-bond donors (Lipinski definition) is 1. The highest BCUT2D eigenvalue weighted by molar-refractivity contribution is 9.10. The van der Waals surface area contributed by atoms with Crippen molar-refractivity contribution in [1.29, 1.82) is 0 Å². The quantitative estimate of drug-likeness (QED) is 0.786. The van der Waals surface area contributed by atoms with Crippen LogP contribution >= 0.6 is 39.1 Å². The minimum Gasteiger partial charge on any atom is -0.356 e. The average molecular weight is 307 g/mol. The van der Waals surface area contributed by atoms with Gasteiger partial charge in [0.25, 0.3) is 0 Å². The minimum absolute atomic E-state index is 0.106. The third kappa shape index (κ3) is 1.80. The third-order valence-electron chi connectivity index (χ3n) is 2.14. The number of pyridine rings is 1. The Morgan fingerprint density at radius 3 is 2.67 bits per heavy atom. The van der Waals surface area contributed by atoms with Gasteiger partial charge in [0.05, 0.1) is 15.0 Å². The molecule has 0 aliphatic rings. The van der Waals surface area contributed by atoms with E-state index in [0.29, 0.717) is 25.4 Å². The van der Waals surface area contributed by atoms with Crippen molar-refractivity contribution in [1.82, 2.24) is 4.98 Å². The van der Waals surface area contributed by atoms with Crippen LogP contribution in [0.2, 0.25) is 10.0 Å². The van der Waals surface area contributed by atoms with Crippen molar-refractivity contribution in [3.63, 3.8) is 0 Å². The van der Waals surface area contributed by atoms with Crippen LogP contribution in [0.25, 0.3) is 10.9 Å². The van der Waals surface area contributed by atoms with Crippen LogP contribution in [0.5, 0.6) is 0 Å². The van der Waals surface area contributed by atoms with E-state index < -0.39 is 0 Å². The van der Waals surface area contributed by atoms with Crippen LogP contribution in [0, 0.1) is 6.92 Å². The molecular weight excluding hydrogens is 301 g/mol. The van der Waals surface area contributed by atoms with E-state index in [1.807, 2.05) is 0 Å². The van der Waals surface area contributed by atoms with Gasteiger partial charge in [0, 0.05) is 16.1 Å². The van der Waals surface area contributed by atoms with Gasteiger partial charge in [-0.25, -0.2) is 0 Å². The third-order valence-corrected chi connectivity index (χ3v) is 3.61. The molecule has 1 heterocycles. The zero-order chi connectivity index (χ0) is 11.2. The lowest BCUT2D eigenvalue weighted by molar-refractivity contribution is 1.22. The lowest BCUT2D eigenvalue weighted by Gasteiger charge is -2.05. The molecule has 1 aromatic carbocycles. The molecule has 15 heavy (non-hydrogen) atoms. The van der Waals surface area contributed by atoms with Gasteiger partial charge in [0.1, 0.15) is 0 Å². The van der Waals surface area contributed by atoms with Gasteiger partial charge < -0.3 is 4.98 Å². The summed E-state index contributed by atoms with van der Waals surface area (Å²) >= 11 is 15.0. The summed E-state index contributed by atoms with van der Waals surface area (Å²) in [5.41, 5.74) is 1.26. The Balaban J connectivity index is 3.06. The molecule has 2 rings (SSSR count). The smallest absolute Gasteiger partial charge is 0.203 e. The molecule has 0 unspecified atom stereocenters. The van der Waals surface area contributed by atoms with Crippen molar-refractivity contribution in [3.05, 3.63) is 42.6 Å². The van der Waals surface area contributed by atoms with E-state index in [4.69, 9.17) is 23.2 Å². The fourth-order valence-corrected chi connectivity index (χ4v) is 2.26. The Morgan fingerprint density at radius 1 is 1.33 bits per heavy atom. The van der Waals surface area contributed by atoms with Gasteiger partial charge in [-0.1, -0.05) is 23.2 Å². The Kier molecular flexibility index (Phi) is 2.79. The van der Waals surface area contributed by atoms with E-state index in [0.717, 1.165) is 5.69 Å². The van der Waals surface area contributed by atoms with E-state index >= 15 is 0 Å². The van der Waals surface area contributed by atoms with Gasteiger partial charge in [-0.3, -0.25) is 4.79 Å². The van der Waals surface area contributed by atoms with Crippen molar-refractivity contribution in [2.75, 3.05) is 0 Å². The number of nitrogens with one attached hydrogen (secondary N) is 1. The molecule has 0 aliphatic heterocycles. The van der Waals surface area contributed by atoms with Crippen LogP contribution < -0.4 is 5.43 Å². The van der Waals surface area contributed by atoms with Crippen molar-refractivity contribution >= 4 is 50.0 Å². The SMILES string of the molecule is Cc1[nH]c2c(Cl)cc(Cl)cc2c(=O)c1Br. The number of hydrogen-bond acceptors (Lipinski definition) is 1. The Morgan fingerprint density at radius 2 is 2.00 bits per heavy atom. The highest BCUT2D eigenvalue weighted by Gasteiger charge is 2.09. The minimum atomic E-state index is -0.106. The van der Waals surface area contributed by atoms with Crippen LogP contribution in [-0.2, 0) is 0 Å². The summed E-state index contributed by atoms with van der Waals surface area (Å²) in [5, 5.41) is 1.39. The zero-order valence-corrected chi connectivity index (χ0v) is 10.8. The molecule has 1 N–H and O–H groups in total. The van der Waals surface area contributed by atoms with E-state index in [9.17, 15) is 4.79 Å². The first kappa shape index (κ1) is 11.0. The van der Waals surface area contributed by atoms with Gasteiger partial charge in [0.15, 0.2) is 0 Å². The number of fused-ring (bicyclic) bond motifs is 1. The summed E-state index contributed by atoms with van der Waals surface area (Å²) in [7, 11) is 0. The first-order valence-corrected chi connectivity index (χ1v) is 5.72. The molecule has 0 aliphatic carbocycles. The predicted octanol–water partition coefficient (Wildman–Crippen LogP) is 3.91. The molecule has 0 fully saturated rings. The number of aromatic amines is 1. The average Bonchev–Trinajstić information content (AvgIpc) is 2.17. The summed E-state index contributed by atoms with van der Waals surface area (Å²) < 4.78 is 0.508. The maximum absolute atomic E-state index is 11.9. The molecule has 0 saturated heterocycles. The predicted molar refractivity (Wildman–Crippen MR) is 67.0 cm³/mol. The van der Waals surface area contributed by atoms with Gasteiger partial charge in [0.2, 0.25) is 5.43 Å². The number of halogens is 3. The number of aryl methyl sites for hydroxylation is 1. The van der Waals surface area contributed by atoms with Gasteiger partial charge in [-0.15, -0.1) is 0 Å². The van der Waals surface area contributed by atoms with Crippen LogP contribution in [0.3, 0.4) is 0 Å². The molecule has 78 valence electrons. The molecule has 5 heteroatoms. The van der Waals surface area contributed by atoms with E-state index in [-0.39, 0.29) is 5.43 Å². The lowest BCUT2D eigenvalue weighted by Crippen LogP contribution is -2.06. The number of rotatable bonds is 0. The van der Waals surface area contributed by atoms with Crippen LogP contribution in [0.4, 0.5) is 0 Å². The van der Waals surface area contributed by atoms with Gasteiger partial charge in [-0.05, 0) is 35.0 Å². The van der Waals surface area contributed by atoms with Crippen LogP contribution in [-0.4, -0.2) is 4.98 Å². The van der Waals surface area contributed by atoms with Crippen LogP contribution in [0.1, 0.15) is 5.69 Å². The maximum atomic E-state index is 11.9. The van der Waals surface area contributed by atoms with Crippen molar-refractivity contribution in [3.8, 4) is 0 Å². The fourth-order valence-electron chi connectivity index (χ4n) is 1.41. The monoisotopic (exact) mass is 305 g/mol.